The minimum atomic E-state index is -1.21. The van der Waals surface area contributed by atoms with E-state index in [2.05, 4.69) is 4.98 Å². The van der Waals surface area contributed by atoms with E-state index in [0.717, 1.165) is 35.7 Å². The Kier molecular flexibility index (Phi) is 6.53. The van der Waals surface area contributed by atoms with Crippen LogP contribution in [0.25, 0.3) is 0 Å². The van der Waals surface area contributed by atoms with Crippen molar-refractivity contribution in [2.24, 2.45) is 0 Å². The number of Topliss-reactive ketones (excluding diaryl/α,β-unsaturated/α-hetero) is 1. The van der Waals surface area contributed by atoms with Crippen molar-refractivity contribution in [1.29, 1.82) is 0 Å². The number of carbonyl (C=O) groups excluding carboxylic acids is 2. The summed E-state index contributed by atoms with van der Waals surface area (Å²) < 4.78 is 31.9. The van der Waals surface area contributed by atoms with E-state index < -0.39 is 34.9 Å². The molecule has 1 heterocycles. The van der Waals surface area contributed by atoms with E-state index >= 15 is 0 Å². The molecule has 0 saturated heterocycles. The molecule has 0 aliphatic heterocycles. The molecule has 0 aliphatic carbocycles. The molecule has 3 rings (SSSR count). The topological polar surface area (TPSA) is 99.4 Å². The molecule has 2 aromatic carbocycles. The normalized spacial score (nSPS) is 10.6. The predicted molar refractivity (Wildman–Crippen MR) is 105 cm³/mol. The molecular formula is C19H12F2N2O5S2. The number of aromatic nitrogens is 1. The maximum absolute atomic E-state index is 13.3. The van der Waals surface area contributed by atoms with Crippen LogP contribution in [0.2, 0.25) is 0 Å². The number of ether oxygens (including phenoxy) is 1. The number of carbonyl (C=O) groups is 2. The number of non-ortho nitro benzene ring substituents is 1. The van der Waals surface area contributed by atoms with Crippen molar-refractivity contribution in [3.63, 3.8) is 0 Å². The molecule has 0 atom stereocenters. The lowest BCUT2D eigenvalue weighted by Crippen LogP contribution is -2.15. The zero-order valence-corrected chi connectivity index (χ0v) is 16.9. The second-order valence-corrected chi connectivity index (χ2v) is 8.07. The fraction of sp³-hybridized carbons (Fsp3) is 0.105. The van der Waals surface area contributed by atoms with Crippen LogP contribution in [-0.4, -0.2) is 28.3 Å². The van der Waals surface area contributed by atoms with Crippen molar-refractivity contribution in [2.45, 2.75) is 16.2 Å². The van der Waals surface area contributed by atoms with Crippen molar-refractivity contribution in [1.82, 2.24) is 4.98 Å². The quantitative estimate of drug-likeness (QED) is 0.220. The highest BCUT2D eigenvalue weighted by Gasteiger charge is 2.21. The number of halogens is 2. The Hall–Kier alpha value is -3.18. The van der Waals surface area contributed by atoms with Gasteiger partial charge in [-0.2, -0.15) is 0 Å². The third-order valence-electron chi connectivity index (χ3n) is 3.77. The molecule has 0 N–H and O–H groups in total. The van der Waals surface area contributed by atoms with Gasteiger partial charge in [0, 0.05) is 33.7 Å². The number of thiazole rings is 1. The molecule has 0 aliphatic rings. The van der Waals surface area contributed by atoms with Gasteiger partial charge in [-0.15, -0.1) is 11.3 Å². The number of rotatable bonds is 7. The van der Waals surface area contributed by atoms with E-state index in [1.54, 1.807) is 6.92 Å². The molecule has 30 heavy (non-hydrogen) atoms. The number of esters is 1. The second-order valence-electron chi connectivity index (χ2n) is 5.92. The van der Waals surface area contributed by atoms with Crippen LogP contribution >= 0.6 is 23.1 Å². The Bertz CT molecular complexity index is 1150. The van der Waals surface area contributed by atoms with Gasteiger partial charge in [0.05, 0.1) is 10.5 Å². The summed E-state index contributed by atoms with van der Waals surface area (Å²) in [7, 11) is 0. The zero-order valence-electron chi connectivity index (χ0n) is 15.3. The van der Waals surface area contributed by atoms with Gasteiger partial charge >= 0.3 is 5.97 Å². The molecule has 0 bridgehead atoms. The number of hydrogen-bond acceptors (Lipinski definition) is 8. The van der Waals surface area contributed by atoms with Crippen molar-refractivity contribution < 1.29 is 28.0 Å². The van der Waals surface area contributed by atoms with Crippen LogP contribution in [0.3, 0.4) is 0 Å². The highest BCUT2D eigenvalue weighted by molar-refractivity contribution is 8.01. The number of ketones is 1. The van der Waals surface area contributed by atoms with Crippen molar-refractivity contribution in [3.05, 3.63) is 80.3 Å². The number of nitro benzene ring substituents is 1. The lowest BCUT2D eigenvalue weighted by atomic mass is 10.1. The SMILES string of the molecule is Cc1csc(Sc2ccc([N+](=O)[O-])cc2C(=O)OCC(=O)c2ccc(F)c(F)c2)n1. The van der Waals surface area contributed by atoms with Crippen LogP contribution < -0.4 is 0 Å². The zero-order chi connectivity index (χ0) is 21.8. The van der Waals surface area contributed by atoms with E-state index in [1.165, 1.54) is 23.5 Å². The Morgan fingerprint density at radius 3 is 2.60 bits per heavy atom. The molecule has 11 heteroatoms. The van der Waals surface area contributed by atoms with Crippen LogP contribution in [0.4, 0.5) is 14.5 Å². The molecular weight excluding hydrogens is 438 g/mol. The first-order valence-electron chi connectivity index (χ1n) is 8.28. The molecule has 1 aromatic heterocycles. The first-order chi connectivity index (χ1) is 14.2. The Morgan fingerprint density at radius 2 is 1.97 bits per heavy atom. The summed E-state index contributed by atoms with van der Waals surface area (Å²) in [5.41, 5.74) is 0.174. The first-order valence-corrected chi connectivity index (χ1v) is 9.98. The number of benzene rings is 2. The van der Waals surface area contributed by atoms with Crippen molar-refractivity contribution >= 4 is 40.5 Å². The van der Waals surface area contributed by atoms with Crippen molar-refractivity contribution in [2.75, 3.05) is 6.61 Å². The van der Waals surface area contributed by atoms with Gasteiger partial charge < -0.3 is 4.74 Å². The van der Waals surface area contributed by atoms with Crippen LogP contribution in [0.15, 0.2) is 51.0 Å². The minimum Gasteiger partial charge on any atom is -0.454 e. The van der Waals surface area contributed by atoms with Crippen LogP contribution in [0.5, 0.6) is 0 Å². The smallest absolute Gasteiger partial charge is 0.339 e. The average molecular weight is 450 g/mol. The third kappa shape index (κ3) is 5.05. The number of hydrogen-bond donors (Lipinski definition) is 0. The summed E-state index contributed by atoms with van der Waals surface area (Å²) in [6.45, 7) is 1.06. The maximum atomic E-state index is 13.3. The average Bonchev–Trinajstić information content (AvgIpc) is 3.12. The lowest BCUT2D eigenvalue weighted by Gasteiger charge is -2.08. The highest BCUT2D eigenvalue weighted by atomic mass is 32.2. The van der Waals surface area contributed by atoms with E-state index in [1.807, 2.05) is 5.38 Å². The van der Waals surface area contributed by atoms with Gasteiger partial charge in [-0.25, -0.2) is 18.6 Å². The van der Waals surface area contributed by atoms with Gasteiger partial charge in [-0.3, -0.25) is 14.9 Å². The van der Waals surface area contributed by atoms with Crippen LogP contribution in [0.1, 0.15) is 26.4 Å². The molecule has 7 nitrogen and oxygen atoms in total. The summed E-state index contributed by atoms with van der Waals surface area (Å²) >= 11 is 2.46. The third-order valence-corrected chi connectivity index (χ3v) is 5.90. The number of aryl methyl sites for hydroxylation is 1. The van der Waals surface area contributed by atoms with E-state index in [-0.39, 0.29) is 16.8 Å². The highest BCUT2D eigenvalue weighted by Crippen LogP contribution is 2.34. The molecule has 3 aromatic rings. The molecule has 154 valence electrons. The standard InChI is InChI=1S/C19H12F2N2O5S2/c1-10-9-29-19(22-10)30-17-5-3-12(23(26)27)7-13(17)18(25)28-8-16(24)11-2-4-14(20)15(21)6-11/h2-7,9H,8H2,1H3. The predicted octanol–water partition coefficient (Wildman–Crippen LogP) is 4.83. The van der Waals surface area contributed by atoms with Crippen LogP contribution in [0, 0.1) is 28.7 Å². The number of nitrogens with zero attached hydrogens (tertiary/aromatic N) is 2. The van der Waals surface area contributed by atoms with E-state index in [4.69, 9.17) is 4.74 Å². The van der Waals surface area contributed by atoms with Gasteiger partial charge in [-0.1, -0.05) is 11.8 Å². The maximum Gasteiger partial charge on any atom is 0.339 e. The van der Waals surface area contributed by atoms with E-state index in [9.17, 15) is 28.5 Å². The largest absolute Gasteiger partial charge is 0.454 e. The summed E-state index contributed by atoms with van der Waals surface area (Å²) in [5.74, 6) is -4.04. The van der Waals surface area contributed by atoms with Gasteiger partial charge in [0.2, 0.25) is 0 Å². The van der Waals surface area contributed by atoms with Gasteiger partial charge in [0.1, 0.15) is 0 Å². The second kappa shape index (κ2) is 9.09. The summed E-state index contributed by atoms with van der Waals surface area (Å²) in [4.78, 5) is 39.7. The molecule has 0 amide bonds. The summed E-state index contributed by atoms with van der Waals surface area (Å²) in [6.07, 6.45) is 0. The fourth-order valence-electron chi connectivity index (χ4n) is 2.32. The van der Waals surface area contributed by atoms with Gasteiger partial charge in [0.25, 0.3) is 5.69 Å². The van der Waals surface area contributed by atoms with E-state index in [0.29, 0.717) is 15.3 Å². The molecule has 0 radical (unpaired) electrons. The monoisotopic (exact) mass is 450 g/mol. The molecule has 0 spiro atoms. The Labute approximate surface area is 176 Å². The van der Waals surface area contributed by atoms with Crippen LogP contribution in [-0.2, 0) is 4.74 Å². The molecule has 0 fully saturated rings. The summed E-state index contributed by atoms with van der Waals surface area (Å²) in [5, 5.41) is 12.9. The fourth-order valence-corrected chi connectivity index (χ4v) is 4.21. The molecule has 0 unspecified atom stereocenters. The minimum absolute atomic E-state index is 0.111. The lowest BCUT2D eigenvalue weighted by molar-refractivity contribution is -0.384. The first kappa shape index (κ1) is 21.5. The van der Waals surface area contributed by atoms with Gasteiger partial charge in [-0.05, 0) is 31.2 Å². The van der Waals surface area contributed by atoms with Gasteiger partial charge in [0.15, 0.2) is 28.4 Å². The number of nitro groups is 1. The molecule has 0 saturated carbocycles. The summed E-state index contributed by atoms with van der Waals surface area (Å²) in [6, 6.07) is 6.24. The van der Waals surface area contributed by atoms with Crippen molar-refractivity contribution in [3.8, 4) is 0 Å². The Morgan fingerprint density at radius 1 is 1.20 bits per heavy atom. The Balaban J connectivity index is 1.80.